The van der Waals surface area contributed by atoms with Gasteiger partial charge in [0.25, 0.3) is 0 Å². The van der Waals surface area contributed by atoms with E-state index in [0.717, 1.165) is 27.3 Å². The summed E-state index contributed by atoms with van der Waals surface area (Å²) in [6.07, 6.45) is 2.45. The summed E-state index contributed by atoms with van der Waals surface area (Å²) >= 11 is 1.41. The second-order valence-electron chi connectivity index (χ2n) is 8.32. The minimum Gasteiger partial charge on any atom is -0.497 e. The Morgan fingerprint density at radius 3 is 2.47 bits per heavy atom. The number of thiazole rings is 1. The first-order chi connectivity index (χ1) is 18.5. The van der Waals surface area contributed by atoms with E-state index in [9.17, 15) is 9.59 Å². The quantitative estimate of drug-likeness (QED) is 0.186. The number of nitrogens with one attached hydrogen (secondary N) is 1. The van der Waals surface area contributed by atoms with Crippen LogP contribution in [0.25, 0.3) is 0 Å². The molecule has 0 atom stereocenters. The number of amides is 1. The first-order valence-electron chi connectivity index (χ1n) is 12.0. The molecule has 0 fully saturated rings. The van der Waals surface area contributed by atoms with Crippen LogP contribution < -0.4 is 19.5 Å². The zero-order valence-corrected chi connectivity index (χ0v) is 22.0. The number of rotatable bonds is 11. The Morgan fingerprint density at radius 2 is 1.68 bits per heavy atom. The molecule has 1 N–H and O–H groups in total. The average Bonchev–Trinajstić information content (AvgIpc) is 3.38. The molecule has 1 amide bonds. The van der Waals surface area contributed by atoms with E-state index < -0.39 is 6.16 Å². The molecular formula is C29H28N2O6S. The highest BCUT2D eigenvalue weighted by molar-refractivity contribution is 7.15. The van der Waals surface area contributed by atoms with Gasteiger partial charge in [-0.1, -0.05) is 48.5 Å². The smallest absolute Gasteiger partial charge is 0.497 e. The van der Waals surface area contributed by atoms with E-state index in [1.54, 1.807) is 25.4 Å². The van der Waals surface area contributed by atoms with Crippen molar-refractivity contribution in [3.8, 4) is 17.2 Å². The number of anilines is 1. The van der Waals surface area contributed by atoms with Crippen molar-refractivity contribution in [1.82, 2.24) is 4.98 Å². The predicted octanol–water partition coefficient (Wildman–Crippen LogP) is 6.04. The van der Waals surface area contributed by atoms with Crippen molar-refractivity contribution in [2.75, 3.05) is 19.5 Å². The Bertz CT molecular complexity index is 1370. The highest BCUT2D eigenvalue weighted by Gasteiger charge is 2.14. The molecule has 0 radical (unpaired) electrons. The summed E-state index contributed by atoms with van der Waals surface area (Å²) in [5.41, 5.74) is 2.83. The molecular weight excluding hydrogens is 504 g/mol. The van der Waals surface area contributed by atoms with Crippen molar-refractivity contribution in [2.24, 2.45) is 0 Å². The number of aromatic nitrogens is 1. The lowest BCUT2D eigenvalue weighted by Crippen LogP contribution is -2.12. The van der Waals surface area contributed by atoms with Gasteiger partial charge in [0.15, 0.2) is 16.6 Å². The fourth-order valence-corrected chi connectivity index (χ4v) is 4.52. The molecule has 196 valence electrons. The molecule has 0 saturated carbocycles. The van der Waals surface area contributed by atoms with Gasteiger partial charge in [0.2, 0.25) is 5.91 Å². The molecule has 0 bridgehead atoms. The molecule has 1 aromatic heterocycles. The zero-order valence-electron chi connectivity index (χ0n) is 21.1. The van der Waals surface area contributed by atoms with Crippen LogP contribution in [0.5, 0.6) is 17.2 Å². The van der Waals surface area contributed by atoms with E-state index in [4.69, 9.17) is 18.9 Å². The summed E-state index contributed by atoms with van der Waals surface area (Å²) in [6, 6.07) is 22.3. The van der Waals surface area contributed by atoms with Crippen LogP contribution in [0.3, 0.4) is 0 Å². The third-order valence-electron chi connectivity index (χ3n) is 5.57. The van der Waals surface area contributed by atoms with E-state index in [1.165, 1.54) is 18.4 Å². The van der Waals surface area contributed by atoms with E-state index >= 15 is 0 Å². The molecule has 0 spiro atoms. The van der Waals surface area contributed by atoms with Gasteiger partial charge >= 0.3 is 6.16 Å². The zero-order chi connectivity index (χ0) is 26.7. The van der Waals surface area contributed by atoms with Gasteiger partial charge in [-0.2, -0.15) is 0 Å². The van der Waals surface area contributed by atoms with Crippen molar-refractivity contribution in [1.29, 1.82) is 0 Å². The van der Waals surface area contributed by atoms with Crippen LogP contribution in [0.2, 0.25) is 0 Å². The maximum atomic E-state index is 12.4. The second kappa shape index (κ2) is 13.3. The van der Waals surface area contributed by atoms with Crippen LogP contribution in [-0.2, 0) is 29.0 Å². The number of hydrogen-bond donors (Lipinski definition) is 1. The Labute approximate surface area is 225 Å². The van der Waals surface area contributed by atoms with Crippen molar-refractivity contribution >= 4 is 28.5 Å². The molecule has 4 aromatic rings. The van der Waals surface area contributed by atoms with Gasteiger partial charge < -0.3 is 24.3 Å². The molecule has 3 aromatic carbocycles. The molecule has 8 nitrogen and oxygen atoms in total. The molecule has 0 aliphatic carbocycles. The topological polar surface area (TPSA) is 96.0 Å². The molecule has 0 saturated heterocycles. The van der Waals surface area contributed by atoms with Gasteiger partial charge in [-0.05, 0) is 47.4 Å². The molecule has 9 heteroatoms. The van der Waals surface area contributed by atoms with Crippen molar-refractivity contribution in [2.45, 2.75) is 25.9 Å². The van der Waals surface area contributed by atoms with Gasteiger partial charge in [-0.3, -0.25) is 4.79 Å². The van der Waals surface area contributed by atoms with E-state index in [2.05, 4.69) is 10.3 Å². The SMILES string of the molecule is COc1cccc(CCC(=O)Nc2ncc(Cc3ccc(OC(=O)OCc4ccccc4)c(OC)c3)s2)c1. The average molecular weight is 533 g/mol. The number of aryl methyl sites for hydroxylation is 1. The molecule has 0 aliphatic heterocycles. The first kappa shape index (κ1) is 26.7. The van der Waals surface area contributed by atoms with Crippen molar-refractivity contribution in [3.05, 3.63) is 101 Å². The third kappa shape index (κ3) is 7.81. The Morgan fingerprint density at radius 1 is 0.868 bits per heavy atom. The number of hydrogen-bond acceptors (Lipinski definition) is 8. The Kier molecular flexibility index (Phi) is 9.31. The predicted molar refractivity (Wildman–Crippen MR) is 145 cm³/mol. The lowest BCUT2D eigenvalue weighted by molar-refractivity contribution is -0.116. The molecule has 38 heavy (non-hydrogen) atoms. The first-order valence-corrected chi connectivity index (χ1v) is 12.8. The van der Waals surface area contributed by atoms with Crippen LogP contribution in [0.1, 0.15) is 28.0 Å². The molecule has 0 unspecified atom stereocenters. The highest BCUT2D eigenvalue weighted by atomic mass is 32.1. The van der Waals surface area contributed by atoms with E-state index in [1.807, 2.05) is 60.7 Å². The number of nitrogens with zero attached hydrogens (tertiary/aromatic N) is 1. The number of ether oxygens (including phenoxy) is 4. The van der Waals surface area contributed by atoms with Crippen molar-refractivity contribution in [3.63, 3.8) is 0 Å². The summed E-state index contributed by atoms with van der Waals surface area (Å²) in [6.45, 7) is 0.116. The summed E-state index contributed by atoms with van der Waals surface area (Å²) < 4.78 is 21.2. The van der Waals surface area contributed by atoms with Gasteiger partial charge in [-0.25, -0.2) is 9.78 Å². The van der Waals surface area contributed by atoms with Crippen molar-refractivity contribution < 1.29 is 28.5 Å². The monoisotopic (exact) mass is 532 g/mol. The summed E-state index contributed by atoms with van der Waals surface area (Å²) in [5, 5.41) is 3.41. The summed E-state index contributed by atoms with van der Waals surface area (Å²) in [7, 11) is 3.13. The fourth-order valence-electron chi connectivity index (χ4n) is 3.66. The molecule has 4 rings (SSSR count). The minimum absolute atomic E-state index is 0.101. The summed E-state index contributed by atoms with van der Waals surface area (Å²) in [5.74, 6) is 1.35. The van der Waals surface area contributed by atoms with Crippen LogP contribution in [0.15, 0.2) is 79.0 Å². The third-order valence-corrected chi connectivity index (χ3v) is 6.49. The molecule has 1 heterocycles. The lowest BCUT2D eigenvalue weighted by Gasteiger charge is -2.11. The van der Waals surface area contributed by atoms with Gasteiger partial charge in [0, 0.05) is 23.9 Å². The minimum atomic E-state index is -0.811. The van der Waals surface area contributed by atoms with Crippen LogP contribution in [0.4, 0.5) is 9.93 Å². The maximum absolute atomic E-state index is 12.4. The van der Waals surface area contributed by atoms with Crippen LogP contribution >= 0.6 is 11.3 Å². The normalized spacial score (nSPS) is 10.5. The molecule has 0 aliphatic rings. The number of carbonyl (C=O) groups excluding carboxylic acids is 2. The number of methoxy groups -OCH3 is 2. The maximum Gasteiger partial charge on any atom is 0.514 e. The van der Waals surface area contributed by atoms with E-state index in [-0.39, 0.29) is 18.3 Å². The fraction of sp³-hybridized carbons (Fsp3) is 0.207. The Hall–Kier alpha value is -4.37. The summed E-state index contributed by atoms with van der Waals surface area (Å²) in [4.78, 5) is 29.8. The van der Waals surface area contributed by atoms with Gasteiger partial charge in [0.1, 0.15) is 12.4 Å². The number of benzene rings is 3. The van der Waals surface area contributed by atoms with Gasteiger partial charge in [-0.15, -0.1) is 11.3 Å². The van der Waals surface area contributed by atoms with Crippen LogP contribution in [0, 0.1) is 0 Å². The highest BCUT2D eigenvalue weighted by Crippen LogP contribution is 2.30. The lowest BCUT2D eigenvalue weighted by atomic mass is 10.1. The largest absolute Gasteiger partial charge is 0.514 e. The Balaban J connectivity index is 1.28. The van der Waals surface area contributed by atoms with Crippen LogP contribution in [-0.4, -0.2) is 31.3 Å². The number of carbonyl (C=O) groups is 2. The standard InChI is InChI=1S/C29H28N2O6S/c1-34-23-10-6-9-20(15-23)12-14-27(32)31-28-30-18-24(38-28)16-22-11-13-25(26(17-22)35-2)37-29(33)36-19-21-7-4-3-5-8-21/h3-11,13,15,17-18H,12,14,16,19H2,1-2H3,(H,30,31,32). The second-order valence-corrected chi connectivity index (χ2v) is 9.43. The van der Waals surface area contributed by atoms with E-state index in [0.29, 0.717) is 30.1 Å². The van der Waals surface area contributed by atoms with Gasteiger partial charge in [0.05, 0.1) is 14.2 Å².